The maximum atomic E-state index is 8.98. The van der Waals surface area contributed by atoms with Crippen LogP contribution in [0.3, 0.4) is 0 Å². The van der Waals surface area contributed by atoms with E-state index in [2.05, 4.69) is 42.2 Å². The van der Waals surface area contributed by atoms with Gasteiger partial charge in [-0.25, -0.2) is 4.98 Å². The molecule has 1 aromatic carbocycles. The van der Waals surface area contributed by atoms with Gasteiger partial charge in [0.25, 0.3) is 0 Å². The topological polar surface area (TPSA) is 52.5 Å². The van der Waals surface area contributed by atoms with Crippen LogP contribution in [0.15, 0.2) is 35.5 Å². The number of nitrogens with zero attached hydrogens (tertiary/aromatic N) is 2. The normalized spacial score (nSPS) is 21.3. The highest BCUT2D eigenvalue weighted by molar-refractivity contribution is 7.99. The summed E-state index contributed by atoms with van der Waals surface area (Å²) in [7, 11) is 0. The molecule has 3 rings (SSSR count). The van der Waals surface area contributed by atoms with Crippen molar-refractivity contribution >= 4 is 11.8 Å². The smallest absolute Gasteiger partial charge is 0.166 e. The number of aromatic nitrogens is 2. The van der Waals surface area contributed by atoms with E-state index < -0.39 is 0 Å². The molecule has 0 radical (unpaired) electrons. The van der Waals surface area contributed by atoms with Gasteiger partial charge in [-0.2, -0.15) is 5.26 Å². The number of nitrogens with one attached hydrogen (secondary N) is 1. The van der Waals surface area contributed by atoms with E-state index in [1.165, 1.54) is 5.56 Å². The molecule has 0 spiro atoms. The summed E-state index contributed by atoms with van der Waals surface area (Å²) < 4.78 is 0. The molecule has 21 heavy (non-hydrogen) atoms. The average molecular weight is 297 g/mol. The van der Waals surface area contributed by atoms with Gasteiger partial charge >= 0.3 is 0 Å². The lowest BCUT2D eigenvalue weighted by Gasteiger charge is -2.05. The van der Waals surface area contributed by atoms with Gasteiger partial charge in [0.2, 0.25) is 0 Å². The number of aryl methyl sites for hydroxylation is 1. The van der Waals surface area contributed by atoms with E-state index in [9.17, 15) is 0 Å². The van der Waals surface area contributed by atoms with Crippen LogP contribution in [0.2, 0.25) is 0 Å². The molecule has 1 aliphatic rings. The summed E-state index contributed by atoms with van der Waals surface area (Å²) in [4.78, 5) is 8.14. The zero-order valence-electron chi connectivity index (χ0n) is 12.2. The fourth-order valence-electron chi connectivity index (χ4n) is 2.81. The molecule has 1 saturated carbocycles. The van der Waals surface area contributed by atoms with Crippen LogP contribution in [0, 0.1) is 24.2 Å². The predicted molar refractivity (Wildman–Crippen MR) is 85.2 cm³/mol. The third-order valence-electron chi connectivity index (χ3n) is 4.02. The second-order valence-corrected chi connectivity index (χ2v) is 6.94. The summed E-state index contributed by atoms with van der Waals surface area (Å²) in [6, 6.07) is 12.8. The van der Waals surface area contributed by atoms with Gasteiger partial charge in [-0.05, 0) is 31.7 Å². The van der Waals surface area contributed by atoms with Crippen molar-refractivity contribution in [2.75, 3.05) is 0 Å². The van der Waals surface area contributed by atoms with Crippen LogP contribution in [-0.4, -0.2) is 15.2 Å². The van der Waals surface area contributed by atoms with Crippen molar-refractivity contribution in [2.24, 2.45) is 5.92 Å². The van der Waals surface area contributed by atoms with Crippen molar-refractivity contribution in [3.8, 4) is 6.07 Å². The molecule has 4 heteroatoms. The van der Waals surface area contributed by atoms with E-state index >= 15 is 0 Å². The summed E-state index contributed by atoms with van der Waals surface area (Å²) in [5.74, 6) is 0.238. The molecule has 1 fully saturated rings. The molecule has 0 unspecified atom stereocenters. The predicted octanol–water partition coefficient (Wildman–Crippen LogP) is 4.09. The van der Waals surface area contributed by atoms with Gasteiger partial charge in [0, 0.05) is 23.3 Å². The van der Waals surface area contributed by atoms with Crippen molar-refractivity contribution in [2.45, 2.75) is 43.0 Å². The molecule has 1 N–H and O–H groups in total. The third kappa shape index (κ3) is 3.48. The number of H-pyrrole nitrogens is 1. The van der Waals surface area contributed by atoms with Crippen LogP contribution >= 0.6 is 11.8 Å². The van der Waals surface area contributed by atoms with E-state index in [0.29, 0.717) is 5.25 Å². The highest BCUT2D eigenvalue weighted by atomic mass is 32.2. The van der Waals surface area contributed by atoms with Gasteiger partial charge in [-0.3, -0.25) is 0 Å². The van der Waals surface area contributed by atoms with Gasteiger partial charge in [0.05, 0.1) is 11.8 Å². The summed E-state index contributed by atoms with van der Waals surface area (Å²) in [5, 5.41) is 10.5. The van der Waals surface area contributed by atoms with Gasteiger partial charge in [-0.1, -0.05) is 42.1 Å². The monoisotopic (exact) mass is 297 g/mol. The van der Waals surface area contributed by atoms with E-state index in [0.717, 1.165) is 42.2 Å². The molecule has 0 amide bonds. The molecular weight excluding hydrogens is 278 g/mol. The first-order chi connectivity index (χ1) is 10.2. The van der Waals surface area contributed by atoms with Gasteiger partial charge < -0.3 is 4.98 Å². The lowest BCUT2D eigenvalue weighted by molar-refractivity contribution is 0.703. The van der Waals surface area contributed by atoms with E-state index in [4.69, 9.17) is 10.2 Å². The van der Waals surface area contributed by atoms with Gasteiger partial charge in [0.15, 0.2) is 5.16 Å². The molecule has 108 valence electrons. The zero-order chi connectivity index (χ0) is 14.7. The Hall–Kier alpha value is -1.73. The number of hydrogen-bond acceptors (Lipinski definition) is 3. The van der Waals surface area contributed by atoms with Crippen LogP contribution in [0.1, 0.15) is 36.2 Å². The molecule has 1 aliphatic carbocycles. The number of benzene rings is 1. The van der Waals surface area contributed by atoms with E-state index in [-0.39, 0.29) is 5.92 Å². The number of aromatic amines is 1. The maximum Gasteiger partial charge on any atom is 0.166 e. The molecule has 0 aliphatic heterocycles. The van der Waals surface area contributed by atoms with Crippen molar-refractivity contribution in [1.82, 2.24) is 9.97 Å². The Balaban J connectivity index is 1.66. The van der Waals surface area contributed by atoms with Crippen molar-refractivity contribution in [3.63, 3.8) is 0 Å². The first-order valence-electron chi connectivity index (χ1n) is 7.40. The maximum absolute atomic E-state index is 8.98. The zero-order valence-corrected chi connectivity index (χ0v) is 13.0. The fraction of sp³-hybridized carbons (Fsp3) is 0.412. The molecule has 0 saturated heterocycles. The standard InChI is InChI=1S/C17H19N3S/c1-12-16(10-13-5-3-2-4-6-13)20-17(19-12)21-15-8-7-14(9-15)11-18/h2-6,14-15H,7-10H2,1H3,(H,19,20)/t14-,15-/m0/s1. The summed E-state index contributed by atoms with van der Waals surface area (Å²) >= 11 is 1.80. The number of imidazole rings is 1. The molecule has 3 nitrogen and oxygen atoms in total. The van der Waals surface area contributed by atoms with Crippen LogP contribution < -0.4 is 0 Å². The van der Waals surface area contributed by atoms with E-state index in [1.54, 1.807) is 11.8 Å². The first kappa shape index (κ1) is 14.2. The Morgan fingerprint density at radius 3 is 2.86 bits per heavy atom. The molecule has 1 aromatic heterocycles. The molecule has 2 aromatic rings. The van der Waals surface area contributed by atoms with Crippen LogP contribution in [0.4, 0.5) is 0 Å². The van der Waals surface area contributed by atoms with Crippen molar-refractivity contribution in [1.29, 1.82) is 5.26 Å². The van der Waals surface area contributed by atoms with Crippen molar-refractivity contribution < 1.29 is 0 Å². The quantitative estimate of drug-likeness (QED) is 0.924. The molecule has 2 atom stereocenters. The number of hydrogen-bond donors (Lipinski definition) is 1. The number of thioether (sulfide) groups is 1. The minimum atomic E-state index is 0.238. The summed E-state index contributed by atoms with van der Waals surface area (Å²) in [6.45, 7) is 2.09. The second kappa shape index (κ2) is 6.36. The number of rotatable bonds is 4. The average Bonchev–Trinajstić information content (AvgIpc) is 3.08. The Morgan fingerprint density at radius 2 is 2.14 bits per heavy atom. The molecular formula is C17H19N3S. The summed E-state index contributed by atoms with van der Waals surface area (Å²) in [5.41, 5.74) is 3.56. The van der Waals surface area contributed by atoms with Crippen molar-refractivity contribution in [3.05, 3.63) is 47.3 Å². The SMILES string of the molecule is Cc1[nH]c(S[C@H]2CC[C@H](C#N)C2)nc1Cc1ccccc1. The summed E-state index contributed by atoms with van der Waals surface area (Å²) in [6.07, 6.45) is 4.02. The Labute approximate surface area is 129 Å². The van der Waals surface area contributed by atoms with E-state index in [1.807, 2.05) is 6.07 Å². The second-order valence-electron chi connectivity index (χ2n) is 5.65. The minimum Gasteiger partial charge on any atom is -0.337 e. The Kier molecular flexibility index (Phi) is 4.31. The minimum absolute atomic E-state index is 0.238. The Bertz CT molecular complexity index is 642. The van der Waals surface area contributed by atoms with Crippen LogP contribution in [0.5, 0.6) is 0 Å². The highest BCUT2D eigenvalue weighted by Gasteiger charge is 2.26. The largest absolute Gasteiger partial charge is 0.337 e. The van der Waals surface area contributed by atoms with Crippen LogP contribution in [0.25, 0.3) is 0 Å². The Morgan fingerprint density at radius 1 is 1.33 bits per heavy atom. The highest BCUT2D eigenvalue weighted by Crippen LogP contribution is 2.36. The lowest BCUT2D eigenvalue weighted by atomic mass is 10.1. The fourth-order valence-corrected chi connectivity index (χ4v) is 4.08. The van der Waals surface area contributed by atoms with Gasteiger partial charge in [-0.15, -0.1) is 0 Å². The van der Waals surface area contributed by atoms with Crippen LogP contribution in [-0.2, 0) is 6.42 Å². The lowest BCUT2D eigenvalue weighted by Crippen LogP contribution is -1.97. The first-order valence-corrected chi connectivity index (χ1v) is 8.28. The third-order valence-corrected chi connectivity index (χ3v) is 5.20. The number of nitriles is 1. The van der Waals surface area contributed by atoms with Gasteiger partial charge in [0.1, 0.15) is 0 Å². The molecule has 1 heterocycles. The molecule has 0 bridgehead atoms.